The minimum absolute atomic E-state index is 0.0424. The average molecular weight is 218 g/mol. The second-order valence-electron chi connectivity index (χ2n) is 2.78. The summed E-state index contributed by atoms with van der Waals surface area (Å²) in [6, 6.07) is 1.61. The van der Waals surface area contributed by atoms with Crippen LogP contribution < -0.4 is 4.74 Å². The molecule has 2 N–H and O–H groups in total. The number of hydrogen-bond donors (Lipinski definition) is 2. The molecule has 1 aromatic rings. The molecule has 0 radical (unpaired) electrons. The number of aliphatic hydroxyl groups is 2. The van der Waals surface area contributed by atoms with Crippen LogP contribution in [0.15, 0.2) is 18.5 Å². The maximum atomic E-state index is 9.65. The van der Waals surface area contributed by atoms with E-state index in [4.69, 9.17) is 16.3 Å². The molecular formula is C9H12ClNO3. The van der Waals surface area contributed by atoms with Crippen LogP contribution in [0.1, 0.15) is 11.7 Å². The van der Waals surface area contributed by atoms with Gasteiger partial charge in [0.15, 0.2) is 0 Å². The van der Waals surface area contributed by atoms with Gasteiger partial charge in [-0.25, -0.2) is 0 Å². The van der Waals surface area contributed by atoms with Crippen molar-refractivity contribution in [3.8, 4) is 5.75 Å². The van der Waals surface area contributed by atoms with Crippen LogP contribution in [0.3, 0.4) is 0 Å². The Morgan fingerprint density at radius 3 is 2.86 bits per heavy atom. The third-order valence-electron chi connectivity index (χ3n) is 1.87. The van der Waals surface area contributed by atoms with Crippen LogP contribution in [-0.2, 0) is 0 Å². The molecule has 1 aromatic heterocycles. The van der Waals surface area contributed by atoms with E-state index in [1.165, 1.54) is 13.3 Å². The first-order valence-electron chi connectivity index (χ1n) is 4.10. The summed E-state index contributed by atoms with van der Waals surface area (Å²) in [6.07, 6.45) is 0.896. The summed E-state index contributed by atoms with van der Waals surface area (Å²) in [5.74, 6) is 0.441. The molecular weight excluding hydrogens is 206 g/mol. The third-order valence-corrected chi connectivity index (χ3v) is 2.19. The SMILES string of the molecule is COc1ccncc1C(O)C(O)CCl. The number of alkyl halides is 1. The number of methoxy groups -OCH3 is 1. The Kier molecular flexibility index (Phi) is 4.13. The van der Waals surface area contributed by atoms with Crippen LogP contribution in [0.2, 0.25) is 0 Å². The zero-order valence-electron chi connectivity index (χ0n) is 7.72. The van der Waals surface area contributed by atoms with E-state index in [9.17, 15) is 10.2 Å². The molecule has 78 valence electrons. The van der Waals surface area contributed by atoms with E-state index in [0.717, 1.165) is 0 Å². The molecule has 1 heterocycles. The number of halogens is 1. The van der Waals surface area contributed by atoms with E-state index in [-0.39, 0.29) is 5.88 Å². The molecule has 0 amide bonds. The maximum absolute atomic E-state index is 9.65. The number of nitrogens with zero attached hydrogens (tertiary/aromatic N) is 1. The topological polar surface area (TPSA) is 62.6 Å². The second kappa shape index (κ2) is 5.14. The van der Waals surface area contributed by atoms with Crippen molar-refractivity contribution in [2.45, 2.75) is 12.2 Å². The number of aliphatic hydroxyl groups excluding tert-OH is 2. The number of aromatic nitrogens is 1. The molecule has 0 saturated carbocycles. The fraction of sp³-hybridized carbons (Fsp3) is 0.444. The van der Waals surface area contributed by atoms with Crippen molar-refractivity contribution in [3.63, 3.8) is 0 Å². The van der Waals surface area contributed by atoms with Crippen molar-refractivity contribution < 1.29 is 14.9 Å². The van der Waals surface area contributed by atoms with Gasteiger partial charge in [-0.05, 0) is 6.07 Å². The molecule has 2 atom stereocenters. The Morgan fingerprint density at radius 2 is 2.29 bits per heavy atom. The van der Waals surface area contributed by atoms with Crippen molar-refractivity contribution in [1.82, 2.24) is 4.98 Å². The molecule has 5 heteroatoms. The van der Waals surface area contributed by atoms with E-state index in [0.29, 0.717) is 11.3 Å². The predicted molar refractivity (Wildman–Crippen MR) is 52.5 cm³/mol. The summed E-state index contributed by atoms with van der Waals surface area (Å²) in [5.41, 5.74) is 0.433. The van der Waals surface area contributed by atoms with Crippen molar-refractivity contribution in [3.05, 3.63) is 24.0 Å². The van der Waals surface area contributed by atoms with Crippen LogP contribution in [-0.4, -0.2) is 34.3 Å². The van der Waals surface area contributed by atoms with Crippen molar-refractivity contribution in [2.75, 3.05) is 13.0 Å². The number of hydrogen-bond acceptors (Lipinski definition) is 4. The molecule has 0 saturated heterocycles. The van der Waals surface area contributed by atoms with E-state index < -0.39 is 12.2 Å². The zero-order valence-corrected chi connectivity index (χ0v) is 8.48. The quantitative estimate of drug-likeness (QED) is 0.730. The molecule has 0 aliphatic carbocycles. The van der Waals surface area contributed by atoms with Crippen molar-refractivity contribution in [1.29, 1.82) is 0 Å². The molecule has 0 spiro atoms. The van der Waals surface area contributed by atoms with Crippen molar-refractivity contribution in [2.24, 2.45) is 0 Å². The number of pyridine rings is 1. The largest absolute Gasteiger partial charge is 0.496 e. The van der Waals surface area contributed by atoms with Gasteiger partial charge in [0.2, 0.25) is 0 Å². The minimum atomic E-state index is -1.07. The predicted octanol–water partition coefficient (Wildman–Crippen LogP) is 0.723. The van der Waals surface area contributed by atoms with Gasteiger partial charge in [0.05, 0.1) is 19.1 Å². The van der Waals surface area contributed by atoms with Gasteiger partial charge in [0, 0.05) is 18.0 Å². The first-order chi connectivity index (χ1) is 6.70. The summed E-state index contributed by atoms with van der Waals surface area (Å²) >= 11 is 5.42. The summed E-state index contributed by atoms with van der Waals surface area (Å²) in [6.45, 7) is 0. The summed E-state index contributed by atoms with van der Waals surface area (Å²) in [5, 5.41) is 19.0. The van der Waals surface area contributed by atoms with E-state index in [1.807, 2.05) is 0 Å². The molecule has 0 fully saturated rings. The normalized spacial score (nSPS) is 14.9. The first kappa shape index (κ1) is 11.2. The maximum Gasteiger partial charge on any atom is 0.127 e. The van der Waals surface area contributed by atoms with Gasteiger partial charge in [0.1, 0.15) is 11.9 Å². The summed E-state index contributed by atoms with van der Waals surface area (Å²) in [4.78, 5) is 3.84. The fourth-order valence-corrected chi connectivity index (χ4v) is 1.26. The molecule has 0 aromatic carbocycles. The average Bonchev–Trinajstić information content (AvgIpc) is 2.26. The molecule has 0 bridgehead atoms. The van der Waals surface area contributed by atoms with Gasteiger partial charge < -0.3 is 14.9 Å². The number of ether oxygens (including phenoxy) is 1. The molecule has 2 unspecified atom stereocenters. The zero-order chi connectivity index (χ0) is 10.6. The van der Waals surface area contributed by atoms with Gasteiger partial charge in [0.25, 0.3) is 0 Å². The van der Waals surface area contributed by atoms with E-state index >= 15 is 0 Å². The van der Waals surface area contributed by atoms with Gasteiger partial charge in [-0.2, -0.15) is 0 Å². The van der Waals surface area contributed by atoms with Gasteiger partial charge >= 0.3 is 0 Å². The second-order valence-corrected chi connectivity index (χ2v) is 3.09. The highest BCUT2D eigenvalue weighted by molar-refractivity contribution is 6.18. The lowest BCUT2D eigenvalue weighted by molar-refractivity contribution is 0.0310. The van der Waals surface area contributed by atoms with Gasteiger partial charge in [-0.15, -0.1) is 11.6 Å². The Labute approximate surface area is 87.1 Å². The Balaban J connectivity index is 2.93. The lowest BCUT2D eigenvalue weighted by atomic mass is 10.1. The molecule has 0 aliphatic rings. The Hall–Kier alpha value is -0.840. The highest BCUT2D eigenvalue weighted by Crippen LogP contribution is 2.26. The van der Waals surface area contributed by atoms with Crippen LogP contribution in [0.25, 0.3) is 0 Å². The monoisotopic (exact) mass is 217 g/mol. The van der Waals surface area contributed by atoms with Gasteiger partial charge in [-0.3, -0.25) is 4.98 Å². The highest BCUT2D eigenvalue weighted by Gasteiger charge is 2.20. The third kappa shape index (κ3) is 2.35. The van der Waals surface area contributed by atoms with Crippen LogP contribution in [0.5, 0.6) is 5.75 Å². The van der Waals surface area contributed by atoms with Crippen molar-refractivity contribution >= 4 is 11.6 Å². The van der Waals surface area contributed by atoms with Crippen LogP contribution >= 0.6 is 11.6 Å². The molecule has 14 heavy (non-hydrogen) atoms. The van der Waals surface area contributed by atoms with Crippen LogP contribution in [0.4, 0.5) is 0 Å². The lowest BCUT2D eigenvalue weighted by Gasteiger charge is -2.17. The highest BCUT2D eigenvalue weighted by atomic mass is 35.5. The van der Waals surface area contributed by atoms with E-state index in [1.54, 1.807) is 12.3 Å². The minimum Gasteiger partial charge on any atom is -0.496 e. The lowest BCUT2D eigenvalue weighted by Crippen LogP contribution is -2.20. The smallest absolute Gasteiger partial charge is 0.127 e. The van der Waals surface area contributed by atoms with Crippen LogP contribution in [0, 0.1) is 0 Å². The molecule has 0 aliphatic heterocycles. The standard InChI is InChI=1S/C9H12ClNO3/c1-14-8-2-3-11-5-6(8)9(13)7(12)4-10/h2-3,5,7,9,12-13H,4H2,1H3. The van der Waals surface area contributed by atoms with E-state index in [2.05, 4.69) is 4.98 Å². The Morgan fingerprint density at radius 1 is 1.57 bits per heavy atom. The fourth-order valence-electron chi connectivity index (χ4n) is 1.09. The molecule has 1 rings (SSSR count). The summed E-state index contributed by atoms with van der Waals surface area (Å²) in [7, 11) is 1.48. The molecule has 4 nitrogen and oxygen atoms in total. The Bertz CT molecular complexity index is 295. The first-order valence-corrected chi connectivity index (χ1v) is 4.64. The number of rotatable bonds is 4. The summed E-state index contributed by atoms with van der Waals surface area (Å²) < 4.78 is 5.01. The van der Waals surface area contributed by atoms with Gasteiger partial charge in [-0.1, -0.05) is 0 Å².